The van der Waals surface area contributed by atoms with E-state index < -0.39 is 12.1 Å². The Bertz CT molecular complexity index is 1070. The second-order valence-corrected chi connectivity index (χ2v) is 7.62. The molecule has 1 fully saturated rings. The first-order valence-electron chi connectivity index (χ1n) is 10.3. The van der Waals surface area contributed by atoms with Crippen LogP contribution in [0.1, 0.15) is 34.3 Å². The van der Waals surface area contributed by atoms with E-state index in [2.05, 4.69) is 10.6 Å². The maximum atomic E-state index is 12.6. The van der Waals surface area contributed by atoms with E-state index in [4.69, 9.17) is 9.47 Å². The molecule has 2 aliphatic heterocycles. The van der Waals surface area contributed by atoms with Crippen molar-refractivity contribution in [3.8, 4) is 5.75 Å². The zero-order valence-corrected chi connectivity index (χ0v) is 17.6. The van der Waals surface area contributed by atoms with Crippen LogP contribution in [0.5, 0.6) is 5.75 Å². The van der Waals surface area contributed by atoms with Gasteiger partial charge in [0.15, 0.2) is 0 Å². The second-order valence-electron chi connectivity index (χ2n) is 7.62. The van der Waals surface area contributed by atoms with Gasteiger partial charge in [-0.2, -0.15) is 0 Å². The number of nitrogens with zero attached hydrogens (tertiary/aromatic N) is 1. The number of carbonyl (C=O) groups is 4. The number of hydrogen-bond acceptors (Lipinski definition) is 6. The summed E-state index contributed by atoms with van der Waals surface area (Å²) in [6.07, 6.45) is 0.790. The topological polar surface area (TPSA) is 114 Å². The highest BCUT2D eigenvalue weighted by atomic mass is 16.5. The predicted octanol–water partition coefficient (Wildman–Crippen LogP) is 2.25. The van der Waals surface area contributed by atoms with Crippen molar-refractivity contribution in [2.24, 2.45) is 0 Å². The van der Waals surface area contributed by atoms with E-state index in [1.54, 1.807) is 25.3 Å². The Morgan fingerprint density at radius 1 is 1.19 bits per heavy atom. The van der Waals surface area contributed by atoms with Gasteiger partial charge in [0.25, 0.3) is 5.91 Å². The molecule has 0 unspecified atom stereocenters. The van der Waals surface area contributed by atoms with Gasteiger partial charge in [-0.05, 0) is 48.7 Å². The zero-order valence-electron chi connectivity index (χ0n) is 17.6. The van der Waals surface area contributed by atoms with Crippen molar-refractivity contribution in [1.82, 2.24) is 10.2 Å². The summed E-state index contributed by atoms with van der Waals surface area (Å²) >= 11 is 0. The van der Waals surface area contributed by atoms with E-state index in [0.717, 1.165) is 16.9 Å². The molecule has 2 aromatic rings. The molecular formula is C23H23N3O6. The molecule has 4 rings (SSSR count). The molecule has 9 nitrogen and oxygen atoms in total. The van der Waals surface area contributed by atoms with E-state index in [1.807, 2.05) is 24.3 Å². The Kier molecular flexibility index (Phi) is 6.07. The molecule has 1 saturated heterocycles. The molecule has 32 heavy (non-hydrogen) atoms. The number of anilines is 1. The summed E-state index contributed by atoms with van der Waals surface area (Å²) in [6, 6.07) is 11.2. The minimum atomic E-state index is -0.727. The molecule has 2 aliphatic rings. The number of methoxy groups -OCH3 is 1. The molecular weight excluding hydrogens is 414 g/mol. The van der Waals surface area contributed by atoms with E-state index in [9.17, 15) is 19.2 Å². The van der Waals surface area contributed by atoms with Crippen LogP contribution in [-0.4, -0.2) is 48.4 Å². The number of ether oxygens (including phenoxy) is 2. The number of benzene rings is 2. The molecule has 0 aliphatic carbocycles. The third-order valence-corrected chi connectivity index (χ3v) is 5.52. The van der Waals surface area contributed by atoms with Crippen LogP contribution in [0.4, 0.5) is 10.5 Å². The maximum Gasteiger partial charge on any atom is 0.338 e. The van der Waals surface area contributed by atoms with Crippen LogP contribution in [-0.2, 0) is 27.4 Å². The number of nitrogens with one attached hydrogen (secondary N) is 2. The number of amides is 4. The average Bonchev–Trinajstić information content (AvgIpc) is 3.29. The van der Waals surface area contributed by atoms with Gasteiger partial charge in [-0.15, -0.1) is 0 Å². The first kappa shape index (κ1) is 21.4. The monoisotopic (exact) mass is 437 g/mol. The number of imide groups is 1. The molecule has 4 amide bonds. The van der Waals surface area contributed by atoms with E-state index in [-0.39, 0.29) is 43.8 Å². The van der Waals surface area contributed by atoms with Crippen molar-refractivity contribution < 1.29 is 28.7 Å². The van der Waals surface area contributed by atoms with Gasteiger partial charge in [-0.3, -0.25) is 14.5 Å². The summed E-state index contributed by atoms with van der Waals surface area (Å²) in [5.74, 6) is -0.243. The number of fused-ring (bicyclic) bond motifs is 1. The lowest BCUT2D eigenvalue weighted by atomic mass is 10.1. The van der Waals surface area contributed by atoms with Gasteiger partial charge in [-0.1, -0.05) is 12.1 Å². The Morgan fingerprint density at radius 3 is 2.72 bits per heavy atom. The molecule has 166 valence electrons. The smallest absolute Gasteiger partial charge is 0.338 e. The first-order valence-corrected chi connectivity index (χ1v) is 10.3. The lowest BCUT2D eigenvalue weighted by molar-refractivity contribution is -0.127. The fourth-order valence-corrected chi connectivity index (χ4v) is 3.73. The van der Waals surface area contributed by atoms with Gasteiger partial charge in [0.2, 0.25) is 5.91 Å². The lowest BCUT2D eigenvalue weighted by Crippen LogP contribution is -2.33. The van der Waals surface area contributed by atoms with Crippen LogP contribution in [0.3, 0.4) is 0 Å². The Hall–Kier alpha value is -3.88. The van der Waals surface area contributed by atoms with Gasteiger partial charge in [0, 0.05) is 24.2 Å². The normalized spacial score (nSPS) is 17.1. The van der Waals surface area contributed by atoms with Gasteiger partial charge in [0.05, 0.1) is 12.7 Å². The van der Waals surface area contributed by atoms with Gasteiger partial charge < -0.3 is 20.1 Å². The molecule has 0 aromatic heterocycles. The van der Waals surface area contributed by atoms with Crippen LogP contribution in [0.2, 0.25) is 0 Å². The lowest BCUT2D eigenvalue weighted by Gasteiger charge is -2.13. The quantitative estimate of drug-likeness (QED) is 0.484. The summed E-state index contributed by atoms with van der Waals surface area (Å²) in [5, 5.41) is 5.40. The van der Waals surface area contributed by atoms with Crippen molar-refractivity contribution in [2.75, 3.05) is 19.0 Å². The molecule has 1 atom stereocenters. The summed E-state index contributed by atoms with van der Waals surface area (Å²) in [4.78, 5) is 49.8. The van der Waals surface area contributed by atoms with Crippen LogP contribution < -0.4 is 15.4 Å². The van der Waals surface area contributed by atoms with Gasteiger partial charge >= 0.3 is 12.0 Å². The molecule has 0 radical (unpaired) electrons. The van der Waals surface area contributed by atoms with Crippen molar-refractivity contribution in [3.05, 3.63) is 59.2 Å². The predicted molar refractivity (Wildman–Crippen MR) is 114 cm³/mol. The minimum absolute atomic E-state index is 0.0650. The van der Waals surface area contributed by atoms with Gasteiger partial charge in [-0.25, -0.2) is 9.59 Å². The summed E-state index contributed by atoms with van der Waals surface area (Å²) < 4.78 is 10.1. The largest absolute Gasteiger partial charge is 0.497 e. The summed E-state index contributed by atoms with van der Waals surface area (Å²) in [6.45, 7) is 0.447. The maximum absolute atomic E-state index is 12.6. The summed E-state index contributed by atoms with van der Waals surface area (Å²) in [7, 11) is 1.59. The number of hydrogen-bond donors (Lipinski definition) is 2. The van der Waals surface area contributed by atoms with Crippen LogP contribution in [0.15, 0.2) is 42.5 Å². The molecule has 2 heterocycles. The number of cyclic esters (lactones) is 1. The van der Waals surface area contributed by atoms with Crippen LogP contribution in [0, 0.1) is 0 Å². The van der Waals surface area contributed by atoms with E-state index in [0.29, 0.717) is 17.7 Å². The Balaban J connectivity index is 1.26. The molecule has 9 heteroatoms. The Labute approximate surface area is 184 Å². The number of rotatable bonds is 8. The molecule has 2 N–H and O–H groups in total. The molecule has 0 saturated carbocycles. The van der Waals surface area contributed by atoms with Gasteiger partial charge in [0.1, 0.15) is 18.4 Å². The molecule has 0 spiro atoms. The average molecular weight is 437 g/mol. The van der Waals surface area contributed by atoms with E-state index >= 15 is 0 Å². The zero-order chi connectivity index (χ0) is 22.7. The second kappa shape index (κ2) is 9.09. The number of carbonyl (C=O) groups excluding carboxylic acids is 4. The van der Waals surface area contributed by atoms with Crippen molar-refractivity contribution in [1.29, 1.82) is 0 Å². The van der Waals surface area contributed by atoms with Crippen LogP contribution >= 0.6 is 0 Å². The fraction of sp³-hybridized carbons (Fsp3) is 0.304. The number of esters is 1. The van der Waals surface area contributed by atoms with Crippen molar-refractivity contribution >= 4 is 29.5 Å². The van der Waals surface area contributed by atoms with Crippen LogP contribution in [0.25, 0.3) is 0 Å². The highest BCUT2D eigenvalue weighted by Crippen LogP contribution is 2.23. The number of urea groups is 1. The standard InChI is InChI=1S/C23H23N3O6/c1-31-17-5-2-14(3-6-17)10-11-26-21(28)19(25-23(26)30)8-9-20(27)24-16-4-7-18-15(12-16)13-32-22(18)29/h2-7,12,19H,8-11,13H2,1H3,(H,24,27)(H,25,30)/t19-/m1/s1. The third kappa shape index (κ3) is 4.56. The highest BCUT2D eigenvalue weighted by molar-refractivity contribution is 6.04. The highest BCUT2D eigenvalue weighted by Gasteiger charge is 2.37. The minimum Gasteiger partial charge on any atom is -0.497 e. The fourth-order valence-electron chi connectivity index (χ4n) is 3.73. The third-order valence-electron chi connectivity index (χ3n) is 5.52. The SMILES string of the molecule is COc1ccc(CCN2C(=O)N[C@H](CCC(=O)Nc3ccc4c(c3)COC4=O)C2=O)cc1. The summed E-state index contributed by atoms with van der Waals surface area (Å²) in [5.41, 5.74) is 2.75. The Morgan fingerprint density at radius 2 is 1.97 bits per heavy atom. The molecule has 2 aromatic carbocycles. The van der Waals surface area contributed by atoms with Crippen molar-refractivity contribution in [2.45, 2.75) is 31.9 Å². The molecule has 0 bridgehead atoms. The van der Waals surface area contributed by atoms with E-state index in [1.165, 1.54) is 4.90 Å². The van der Waals surface area contributed by atoms with Crippen molar-refractivity contribution in [3.63, 3.8) is 0 Å². The first-order chi connectivity index (χ1) is 15.4.